The number of hydrogen-bond acceptors (Lipinski definition) is 5. The van der Waals surface area contributed by atoms with Crippen LogP contribution in [0.3, 0.4) is 0 Å². The minimum absolute atomic E-state index is 0.0500. The lowest BCUT2D eigenvalue weighted by atomic mass is 10.1. The van der Waals surface area contributed by atoms with E-state index in [0.29, 0.717) is 33.9 Å². The standard InChI is InChI=1S/C22H22N4O4S2/c1-4-25-18-12-11-16(31(27,28)24(2)3)13-17(18)23-21(25)14-26-19-9-5-7-15-8-6-10-20(22(15)19)32(26,29)30/h5-13H,4,14H2,1-3H3. The minimum Gasteiger partial charge on any atom is -0.327 e. The van der Waals surface area contributed by atoms with Crippen molar-refractivity contribution in [3.63, 3.8) is 0 Å². The van der Waals surface area contributed by atoms with E-state index in [1.54, 1.807) is 30.3 Å². The van der Waals surface area contributed by atoms with Crippen LogP contribution < -0.4 is 4.31 Å². The van der Waals surface area contributed by atoms with E-state index in [-0.39, 0.29) is 11.4 Å². The first-order chi connectivity index (χ1) is 15.2. The predicted molar refractivity (Wildman–Crippen MR) is 124 cm³/mol. The number of rotatable bonds is 5. The monoisotopic (exact) mass is 470 g/mol. The van der Waals surface area contributed by atoms with Crippen molar-refractivity contribution in [2.75, 3.05) is 18.4 Å². The molecule has 8 nitrogen and oxygen atoms in total. The molecule has 0 radical (unpaired) electrons. The first kappa shape index (κ1) is 20.9. The molecule has 0 N–H and O–H groups in total. The zero-order valence-corrected chi connectivity index (χ0v) is 19.5. The number of imidazole rings is 1. The molecule has 0 aliphatic carbocycles. The second-order valence-electron chi connectivity index (χ2n) is 7.85. The highest BCUT2D eigenvalue weighted by atomic mass is 32.2. The number of anilines is 1. The van der Waals surface area contributed by atoms with Crippen LogP contribution in [0.1, 0.15) is 12.7 Å². The molecular formula is C22H22N4O4S2. The molecule has 0 saturated carbocycles. The molecule has 1 aliphatic heterocycles. The summed E-state index contributed by atoms with van der Waals surface area (Å²) >= 11 is 0. The largest absolute Gasteiger partial charge is 0.327 e. The number of benzene rings is 3. The molecule has 4 aromatic rings. The molecule has 2 heterocycles. The molecule has 166 valence electrons. The molecule has 0 bridgehead atoms. The Morgan fingerprint density at radius 3 is 2.44 bits per heavy atom. The van der Waals surface area contributed by atoms with Gasteiger partial charge in [-0.3, -0.25) is 4.31 Å². The van der Waals surface area contributed by atoms with Crippen molar-refractivity contribution >= 4 is 47.5 Å². The SMILES string of the molecule is CCn1c(CN2c3cccc4cccc(c34)S2(=O)=O)nc2cc(S(=O)(=O)N(C)C)ccc21. The Morgan fingerprint density at radius 2 is 1.75 bits per heavy atom. The van der Waals surface area contributed by atoms with Crippen LogP contribution in [0.4, 0.5) is 5.69 Å². The van der Waals surface area contributed by atoms with Crippen molar-refractivity contribution in [3.05, 3.63) is 60.4 Å². The summed E-state index contributed by atoms with van der Waals surface area (Å²) in [6, 6.07) is 15.6. The predicted octanol–water partition coefficient (Wildman–Crippen LogP) is 3.17. The van der Waals surface area contributed by atoms with Crippen LogP contribution in [0.15, 0.2) is 64.4 Å². The van der Waals surface area contributed by atoms with E-state index >= 15 is 0 Å². The zero-order valence-electron chi connectivity index (χ0n) is 17.8. The highest BCUT2D eigenvalue weighted by Gasteiger charge is 2.36. The lowest BCUT2D eigenvalue weighted by molar-refractivity contribution is 0.521. The summed E-state index contributed by atoms with van der Waals surface area (Å²) in [5.74, 6) is 0.551. The van der Waals surface area contributed by atoms with Gasteiger partial charge in [-0.1, -0.05) is 24.3 Å². The van der Waals surface area contributed by atoms with Crippen molar-refractivity contribution in [2.24, 2.45) is 0 Å². The van der Waals surface area contributed by atoms with Crippen molar-refractivity contribution in [1.29, 1.82) is 0 Å². The lowest BCUT2D eigenvalue weighted by Crippen LogP contribution is -2.28. The third-order valence-corrected chi connectivity index (χ3v) is 9.47. The molecule has 3 aromatic carbocycles. The number of hydrogen-bond donors (Lipinski definition) is 0. The van der Waals surface area contributed by atoms with Gasteiger partial charge in [-0.15, -0.1) is 0 Å². The number of aromatic nitrogens is 2. The molecule has 1 aromatic heterocycles. The normalized spacial score (nSPS) is 15.3. The fourth-order valence-electron chi connectivity index (χ4n) is 4.26. The Balaban J connectivity index is 1.64. The molecule has 0 atom stereocenters. The smallest absolute Gasteiger partial charge is 0.265 e. The van der Waals surface area contributed by atoms with E-state index in [9.17, 15) is 16.8 Å². The van der Waals surface area contributed by atoms with E-state index < -0.39 is 20.0 Å². The maximum absolute atomic E-state index is 13.3. The van der Waals surface area contributed by atoms with Crippen LogP contribution in [0.2, 0.25) is 0 Å². The van der Waals surface area contributed by atoms with Gasteiger partial charge in [-0.2, -0.15) is 0 Å². The van der Waals surface area contributed by atoms with Crippen LogP contribution in [-0.4, -0.2) is 44.8 Å². The van der Waals surface area contributed by atoms with Gasteiger partial charge in [0.15, 0.2) is 0 Å². The molecule has 10 heteroatoms. The van der Waals surface area contributed by atoms with Crippen LogP contribution >= 0.6 is 0 Å². The van der Waals surface area contributed by atoms with Crippen molar-refractivity contribution in [2.45, 2.75) is 29.8 Å². The fraction of sp³-hybridized carbons (Fsp3) is 0.227. The van der Waals surface area contributed by atoms with Crippen molar-refractivity contribution < 1.29 is 16.8 Å². The van der Waals surface area contributed by atoms with E-state index in [2.05, 4.69) is 4.98 Å². The molecule has 0 spiro atoms. The molecule has 0 amide bonds. The van der Waals surface area contributed by atoms with E-state index in [0.717, 1.165) is 15.2 Å². The molecule has 0 saturated heterocycles. The summed E-state index contributed by atoms with van der Waals surface area (Å²) in [5, 5.41) is 1.59. The van der Waals surface area contributed by atoms with Gasteiger partial charge in [0.1, 0.15) is 5.82 Å². The second kappa shape index (κ2) is 7.03. The third-order valence-electron chi connectivity index (χ3n) is 5.86. The number of sulfonamides is 2. The third kappa shape index (κ3) is 2.86. The summed E-state index contributed by atoms with van der Waals surface area (Å²) in [6.07, 6.45) is 0. The lowest BCUT2D eigenvalue weighted by Gasteiger charge is -2.19. The molecular weight excluding hydrogens is 448 g/mol. The summed E-state index contributed by atoms with van der Waals surface area (Å²) < 4.78 is 56.2. The Kier molecular flexibility index (Phi) is 4.59. The quantitative estimate of drug-likeness (QED) is 0.447. The van der Waals surface area contributed by atoms with Crippen LogP contribution in [0.5, 0.6) is 0 Å². The summed E-state index contributed by atoms with van der Waals surface area (Å²) in [7, 11) is -4.37. The van der Waals surface area contributed by atoms with Gasteiger partial charge in [0.05, 0.1) is 33.1 Å². The minimum atomic E-state index is -3.72. The van der Waals surface area contributed by atoms with Crippen molar-refractivity contribution in [3.8, 4) is 0 Å². The van der Waals surface area contributed by atoms with E-state index in [1.165, 1.54) is 24.5 Å². The van der Waals surface area contributed by atoms with Gasteiger partial charge >= 0.3 is 0 Å². The Labute approximate surface area is 186 Å². The number of nitrogens with zero attached hydrogens (tertiary/aromatic N) is 4. The van der Waals surface area contributed by atoms with Gasteiger partial charge in [0.25, 0.3) is 10.0 Å². The van der Waals surface area contributed by atoms with E-state index in [1.807, 2.05) is 29.7 Å². The summed E-state index contributed by atoms with van der Waals surface area (Å²) in [6.45, 7) is 2.56. The van der Waals surface area contributed by atoms with Gasteiger partial charge in [0, 0.05) is 26.0 Å². The average molecular weight is 471 g/mol. The topological polar surface area (TPSA) is 92.6 Å². The van der Waals surface area contributed by atoms with Crippen LogP contribution in [0.25, 0.3) is 21.8 Å². The average Bonchev–Trinajstić information content (AvgIpc) is 3.22. The highest BCUT2D eigenvalue weighted by Crippen LogP contribution is 2.42. The molecule has 32 heavy (non-hydrogen) atoms. The maximum atomic E-state index is 13.3. The second-order valence-corrected chi connectivity index (χ2v) is 11.8. The first-order valence-corrected chi connectivity index (χ1v) is 13.0. The molecule has 0 fully saturated rings. The molecule has 0 unspecified atom stereocenters. The number of aryl methyl sites for hydroxylation is 1. The molecule has 1 aliphatic rings. The van der Waals surface area contributed by atoms with E-state index in [4.69, 9.17) is 0 Å². The maximum Gasteiger partial charge on any atom is 0.265 e. The van der Waals surface area contributed by atoms with Gasteiger partial charge in [-0.05, 0) is 42.6 Å². The van der Waals surface area contributed by atoms with Gasteiger partial charge in [0.2, 0.25) is 10.0 Å². The highest BCUT2D eigenvalue weighted by molar-refractivity contribution is 7.93. The Bertz CT molecular complexity index is 1600. The summed E-state index contributed by atoms with van der Waals surface area (Å²) in [5.41, 5.74) is 1.90. The summed E-state index contributed by atoms with van der Waals surface area (Å²) in [4.78, 5) is 5.09. The van der Waals surface area contributed by atoms with Gasteiger partial charge in [-0.25, -0.2) is 26.1 Å². The first-order valence-electron chi connectivity index (χ1n) is 10.1. The van der Waals surface area contributed by atoms with Crippen molar-refractivity contribution in [1.82, 2.24) is 13.9 Å². The van der Waals surface area contributed by atoms with Crippen LogP contribution in [-0.2, 0) is 33.1 Å². The fourth-order valence-corrected chi connectivity index (χ4v) is 6.85. The zero-order chi connectivity index (χ0) is 22.8. The van der Waals surface area contributed by atoms with Gasteiger partial charge < -0.3 is 4.57 Å². The van der Waals surface area contributed by atoms with Crippen LogP contribution in [0, 0.1) is 0 Å². The number of fused-ring (bicyclic) bond motifs is 1. The Hall–Kier alpha value is -2.95. The Morgan fingerprint density at radius 1 is 1.03 bits per heavy atom. The molecule has 5 rings (SSSR count).